The molecule has 0 bridgehead atoms. The van der Waals surface area contributed by atoms with Gasteiger partial charge in [-0.05, 0) is 57.5 Å². The Bertz CT molecular complexity index is 381. The normalized spacial score (nSPS) is 34.3. The van der Waals surface area contributed by atoms with Crippen LogP contribution in [0.2, 0.25) is 0 Å². The Labute approximate surface area is 117 Å². The van der Waals surface area contributed by atoms with E-state index in [0.717, 1.165) is 51.2 Å². The standard InChI is InChI=1S/C14H28N2O2S/c1-19(17,18)14-6-2-5-13(10-14)16-9-3-4-12(11-16)7-8-15/h12-14H,2-11,15H2,1H3. The summed E-state index contributed by atoms with van der Waals surface area (Å²) in [4.78, 5) is 2.54. The zero-order valence-electron chi connectivity index (χ0n) is 12.1. The SMILES string of the molecule is CS(=O)(=O)C1CCCC(N2CCCC(CCN)C2)C1. The molecule has 3 unspecified atom stereocenters. The van der Waals surface area contributed by atoms with Crippen LogP contribution in [0.4, 0.5) is 0 Å². The lowest BCUT2D eigenvalue weighted by molar-refractivity contribution is 0.0971. The van der Waals surface area contributed by atoms with Gasteiger partial charge in [0, 0.05) is 18.8 Å². The van der Waals surface area contributed by atoms with Crippen LogP contribution in [0.25, 0.3) is 0 Å². The van der Waals surface area contributed by atoms with Crippen LogP contribution in [0, 0.1) is 5.92 Å². The number of nitrogens with two attached hydrogens (primary N) is 1. The van der Waals surface area contributed by atoms with Gasteiger partial charge in [0.05, 0.1) is 5.25 Å². The molecule has 0 radical (unpaired) electrons. The van der Waals surface area contributed by atoms with E-state index in [9.17, 15) is 8.42 Å². The summed E-state index contributed by atoms with van der Waals surface area (Å²) in [5.74, 6) is 0.720. The molecule has 2 rings (SSSR count). The van der Waals surface area contributed by atoms with Crippen molar-refractivity contribution in [2.45, 2.75) is 56.2 Å². The minimum Gasteiger partial charge on any atom is -0.330 e. The number of sulfone groups is 1. The van der Waals surface area contributed by atoms with Crippen molar-refractivity contribution in [1.29, 1.82) is 0 Å². The number of likely N-dealkylation sites (tertiary alicyclic amines) is 1. The molecule has 0 aromatic carbocycles. The Morgan fingerprint density at radius 3 is 2.68 bits per heavy atom. The number of nitrogens with zero attached hydrogens (tertiary/aromatic N) is 1. The Morgan fingerprint density at radius 2 is 2.00 bits per heavy atom. The van der Waals surface area contributed by atoms with Gasteiger partial charge >= 0.3 is 0 Å². The second kappa shape index (κ2) is 6.55. The van der Waals surface area contributed by atoms with Gasteiger partial charge in [-0.25, -0.2) is 8.42 Å². The average molecular weight is 288 g/mol. The van der Waals surface area contributed by atoms with E-state index < -0.39 is 9.84 Å². The monoisotopic (exact) mass is 288 g/mol. The Hall–Kier alpha value is -0.130. The largest absolute Gasteiger partial charge is 0.330 e. The fourth-order valence-corrected chi connectivity index (χ4v) is 4.91. The highest BCUT2D eigenvalue weighted by molar-refractivity contribution is 7.91. The van der Waals surface area contributed by atoms with Gasteiger partial charge in [0.2, 0.25) is 0 Å². The highest BCUT2D eigenvalue weighted by atomic mass is 32.2. The molecule has 1 saturated heterocycles. The van der Waals surface area contributed by atoms with E-state index in [2.05, 4.69) is 4.90 Å². The summed E-state index contributed by atoms with van der Waals surface area (Å²) in [6.45, 7) is 3.04. The fourth-order valence-electron chi connectivity index (χ4n) is 3.74. The highest BCUT2D eigenvalue weighted by Crippen LogP contribution is 2.30. The summed E-state index contributed by atoms with van der Waals surface area (Å²) in [5, 5.41) is -0.110. The molecule has 1 aliphatic carbocycles. The first kappa shape index (κ1) is 15.3. The topological polar surface area (TPSA) is 63.4 Å². The van der Waals surface area contributed by atoms with Crippen LogP contribution in [0.15, 0.2) is 0 Å². The maximum atomic E-state index is 11.7. The van der Waals surface area contributed by atoms with Gasteiger partial charge in [0.15, 0.2) is 0 Å². The van der Waals surface area contributed by atoms with Crippen LogP contribution in [-0.4, -0.2) is 50.5 Å². The molecule has 2 fully saturated rings. The summed E-state index contributed by atoms with van der Waals surface area (Å²) >= 11 is 0. The smallest absolute Gasteiger partial charge is 0.150 e. The van der Waals surface area contributed by atoms with Crippen LogP contribution in [-0.2, 0) is 9.84 Å². The van der Waals surface area contributed by atoms with Crippen molar-refractivity contribution < 1.29 is 8.42 Å². The van der Waals surface area contributed by atoms with E-state index in [1.165, 1.54) is 25.5 Å². The summed E-state index contributed by atoms with van der Waals surface area (Å²) < 4.78 is 23.5. The summed E-state index contributed by atoms with van der Waals surface area (Å²) in [7, 11) is -2.87. The molecule has 1 saturated carbocycles. The lowest BCUT2D eigenvalue weighted by atomic mass is 9.89. The molecule has 2 N–H and O–H groups in total. The van der Waals surface area contributed by atoms with E-state index in [-0.39, 0.29) is 5.25 Å². The highest BCUT2D eigenvalue weighted by Gasteiger charge is 2.33. The Kier molecular flexibility index (Phi) is 5.26. The minimum absolute atomic E-state index is 0.110. The van der Waals surface area contributed by atoms with E-state index in [1.807, 2.05) is 0 Å². The van der Waals surface area contributed by atoms with Crippen LogP contribution in [0.3, 0.4) is 0 Å². The Balaban J connectivity index is 1.93. The van der Waals surface area contributed by atoms with Crippen LogP contribution in [0.1, 0.15) is 44.9 Å². The molecule has 1 aliphatic heterocycles. The molecular formula is C14H28N2O2S. The van der Waals surface area contributed by atoms with Crippen molar-refractivity contribution in [3.05, 3.63) is 0 Å². The van der Waals surface area contributed by atoms with Gasteiger partial charge in [0.25, 0.3) is 0 Å². The maximum Gasteiger partial charge on any atom is 0.150 e. The van der Waals surface area contributed by atoms with Gasteiger partial charge in [-0.1, -0.05) is 6.42 Å². The van der Waals surface area contributed by atoms with Gasteiger partial charge < -0.3 is 10.6 Å². The number of hydrogen-bond acceptors (Lipinski definition) is 4. The van der Waals surface area contributed by atoms with Gasteiger partial charge in [-0.15, -0.1) is 0 Å². The molecule has 1 heterocycles. The Morgan fingerprint density at radius 1 is 1.21 bits per heavy atom. The van der Waals surface area contributed by atoms with Crippen LogP contribution >= 0.6 is 0 Å². The lowest BCUT2D eigenvalue weighted by Crippen LogP contribution is -2.46. The molecule has 112 valence electrons. The predicted molar refractivity (Wildman–Crippen MR) is 78.9 cm³/mol. The van der Waals surface area contributed by atoms with E-state index >= 15 is 0 Å². The first-order valence-electron chi connectivity index (χ1n) is 7.63. The zero-order chi connectivity index (χ0) is 13.9. The van der Waals surface area contributed by atoms with Crippen molar-refractivity contribution in [3.63, 3.8) is 0 Å². The van der Waals surface area contributed by atoms with Crippen molar-refractivity contribution in [3.8, 4) is 0 Å². The maximum absolute atomic E-state index is 11.7. The first-order chi connectivity index (χ1) is 9.00. The van der Waals surface area contributed by atoms with E-state index in [4.69, 9.17) is 5.73 Å². The van der Waals surface area contributed by atoms with Crippen molar-refractivity contribution >= 4 is 9.84 Å². The van der Waals surface area contributed by atoms with Gasteiger partial charge in [-0.3, -0.25) is 0 Å². The fraction of sp³-hybridized carbons (Fsp3) is 1.00. The van der Waals surface area contributed by atoms with Crippen molar-refractivity contribution in [1.82, 2.24) is 4.90 Å². The van der Waals surface area contributed by atoms with Gasteiger partial charge in [-0.2, -0.15) is 0 Å². The molecule has 0 spiro atoms. The molecular weight excluding hydrogens is 260 g/mol. The van der Waals surface area contributed by atoms with Crippen LogP contribution < -0.4 is 5.73 Å². The molecule has 0 aromatic rings. The number of hydrogen-bond donors (Lipinski definition) is 1. The second-order valence-electron chi connectivity index (χ2n) is 6.35. The summed E-state index contributed by atoms with van der Waals surface area (Å²) in [6, 6.07) is 0.481. The molecule has 0 aromatic heterocycles. The third-order valence-electron chi connectivity index (χ3n) is 4.85. The average Bonchev–Trinajstić information content (AvgIpc) is 2.39. The minimum atomic E-state index is -2.87. The summed E-state index contributed by atoms with van der Waals surface area (Å²) in [5.41, 5.74) is 5.66. The lowest BCUT2D eigenvalue weighted by Gasteiger charge is -2.41. The van der Waals surface area contributed by atoms with E-state index in [1.54, 1.807) is 0 Å². The van der Waals surface area contributed by atoms with Crippen molar-refractivity contribution in [2.75, 3.05) is 25.9 Å². The first-order valence-corrected chi connectivity index (χ1v) is 9.59. The third-order valence-corrected chi connectivity index (χ3v) is 6.48. The molecule has 5 heteroatoms. The molecule has 3 atom stereocenters. The molecule has 4 nitrogen and oxygen atoms in total. The number of piperidine rings is 1. The molecule has 19 heavy (non-hydrogen) atoms. The van der Waals surface area contributed by atoms with E-state index in [0.29, 0.717) is 6.04 Å². The zero-order valence-corrected chi connectivity index (χ0v) is 12.9. The van der Waals surface area contributed by atoms with Crippen LogP contribution in [0.5, 0.6) is 0 Å². The summed E-state index contributed by atoms with van der Waals surface area (Å²) in [6.07, 6.45) is 8.96. The van der Waals surface area contributed by atoms with Gasteiger partial charge in [0.1, 0.15) is 9.84 Å². The quantitative estimate of drug-likeness (QED) is 0.849. The number of rotatable bonds is 4. The third kappa shape index (κ3) is 4.17. The predicted octanol–water partition coefficient (Wildman–Crippen LogP) is 1.40. The second-order valence-corrected chi connectivity index (χ2v) is 8.68. The molecule has 0 amide bonds. The molecule has 2 aliphatic rings. The van der Waals surface area contributed by atoms with Crippen molar-refractivity contribution in [2.24, 2.45) is 11.7 Å².